The molecule has 18 heavy (non-hydrogen) atoms. The second-order valence-corrected chi connectivity index (χ2v) is 5.51. The van der Waals surface area contributed by atoms with Crippen LogP contribution in [0.15, 0.2) is 42.5 Å². The van der Waals surface area contributed by atoms with Gasteiger partial charge in [-0.05, 0) is 30.4 Å². The summed E-state index contributed by atoms with van der Waals surface area (Å²) < 4.78 is 0. The smallest absolute Gasteiger partial charge is 0.233 e. The maximum atomic E-state index is 12.5. The van der Waals surface area contributed by atoms with E-state index in [9.17, 15) is 9.90 Å². The Hall–Kier alpha value is -1.61. The van der Waals surface area contributed by atoms with E-state index in [1.54, 1.807) is 4.90 Å². The summed E-state index contributed by atoms with van der Waals surface area (Å²) in [5.74, 6) is 0.905. The third kappa shape index (κ3) is 1.15. The molecule has 0 radical (unpaired) electrons. The normalized spacial score (nSPS) is 40.6. The third-order valence-corrected chi connectivity index (χ3v) is 4.69. The summed E-state index contributed by atoms with van der Waals surface area (Å²) in [5.41, 5.74) is 0.809. The minimum Gasteiger partial charge on any atom is -0.373 e. The van der Waals surface area contributed by atoms with Gasteiger partial charge in [-0.1, -0.05) is 30.4 Å². The van der Waals surface area contributed by atoms with E-state index in [2.05, 4.69) is 12.2 Å². The highest BCUT2D eigenvalue weighted by Gasteiger charge is 2.59. The molecule has 1 N–H and O–H groups in total. The van der Waals surface area contributed by atoms with Crippen LogP contribution < -0.4 is 4.90 Å². The fourth-order valence-electron chi connectivity index (χ4n) is 3.95. The van der Waals surface area contributed by atoms with Crippen molar-refractivity contribution >= 4 is 11.6 Å². The lowest BCUT2D eigenvalue weighted by atomic mass is 9.85. The zero-order valence-electron chi connectivity index (χ0n) is 9.94. The minimum atomic E-state index is -0.662. The monoisotopic (exact) mass is 241 g/mol. The van der Waals surface area contributed by atoms with Gasteiger partial charge in [-0.2, -0.15) is 0 Å². The molecule has 1 saturated heterocycles. The molecular formula is C15H15NO2. The third-order valence-electron chi connectivity index (χ3n) is 4.69. The molecule has 0 aromatic heterocycles. The Morgan fingerprint density at radius 1 is 1.11 bits per heavy atom. The summed E-state index contributed by atoms with van der Waals surface area (Å²) in [6.45, 7) is 0. The number of anilines is 1. The zero-order valence-corrected chi connectivity index (χ0v) is 9.94. The van der Waals surface area contributed by atoms with Crippen molar-refractivity contribution in [1.29, 1.82) is 0 Å². The van der Waals surface area contributed by atoms with Crippen LogP contribution in [0.5, 0.6) is 0 Å². The number of aliphatic hydroxyl groups is 1. The van der Waals surface area contributed by atoms with E-state index in [4.69, 9.17) is 0 Å². The van der Waals surface area contributed by atoms with Crippen molar-refractivity contribution in [3.63, 3.8) is 0 Å². The Bertz CT molecular complexity index is 525. The lowest BCUT2D eigenvalue weighted by Gasteiger charge is -2.25. The predicted octanol–water partition coefficient (Wildman–Crippen LogP) is 1.79. The molecule has 4 rings (SSSR count). The minimum absolute atomic E-state index is 0.00444. The average Bonchev–Trinajstić information content (AvgIpc) is 3.05. The second kappa shape index (κ2) is 3.45. The number of nitrogens with zero attached hydrogens (tertiary/aromatic N) is 1. The van der Waals surface area contributed by atoms with Crippen LogP contribution >= 0.6 is 0 Å². The fraction of sp³-hybridized carbons (Fsp3) is 0.400. The molecule has 2 bridgehead atoms. The molecule has 2 fully saturated rings. The van der Waals surface area contributed by atoms with Crippen molar-refractivity contribution < 1.29 is 9.90 Å². The topological polar surface area (TPSA) is 40.5 Å². The molecule has 2 aliphatic carbocycles. The summed E-state index contributed by atoms with van der Waals surface area (Å²) >= 11 is 0. The fourth-order valence-corrected chi connectivity index (χ4v) is 3.95. The number of carbonyl (C=O) groups is 1. The molecule has 0 spiro atoms. The maximum absolute atomic E-state index is 12.5. The van der Waals surface area contributed by atoms with Crippen LogP contribution in [-0.4, -0.2) is 17.2 Å². The van der Waals surface area contributed by atoms with Crippen LogP contribution in [0.1, 0.15) is 6.42 Å². The van der Waals surface area contributed by atoms with Gasteiger partial charge in [0.25, 0.3) is 0 Å². The summed E-state index contributed by atoms with van der Waals surface area (Å²) in [6.07, 6.45) is 4.72. The molecule has 5 atom stereocenters. The van der Waals surface area contributed by atoms with Gasteiger partial charge in [0.05, 0.1) is 5.92 Å². The van der Waals surface area contributed by atoms with Crippen LogP contribution in [0.3, 0.4) is 0 Å². The molecule has 1 aromatic carbocycles. The van der Waals surface area contributed by atoms with E-state index >= 15 is 0 Å². The van der Waals surface area contributed by atoms with E-state index in [0.29, 0.717) is 11.8 Å². The SMILES string of the molecule is O=C1[C@H]2[C@@H]([C@@H](O)N1c1ccccc1)[C@H]1C=C[C@@H]2C1. The first kappa shape index (κ1) is 10.3. The quantitative estimate of drug-likeness (QED) is 0.761. The van der Waals surface area contributed by atoms with Crippen LogP contribution in [-0.2, 0) is 4.79 Å². The van der Waals surface area contributed by atoms with E-state index < -0.39 is 6.23 Å². The van der Waals surface area contributed by atoms with Gasteiger partial charge in [0.15, 0.2) is 0 Å². The van der Waals surface area contributed by atoms with Gasteiger partial charge in [0.1, 0.15) is 6.23 Å². The van der Waals surface area contributed by atoms with Gasteiger partial charge in [0.2, 0.25) is 5.91 Å². The Kier molecular flexibility index (Phi) is 1.98. The lowest BCUT2D eigenvalue weighted by molar-refractivity contribution is -0.121. The molecule has 1 heterocycles. The largest absolute Gasteiger partial charge is 0.373 e. The first-order valence-corrected chi connectivity index (χ1v) is 6.52. The summed E-state index contributed by atoms with van der Waals surface area (Å²) in [5, 5.41) is 10.5. The van der Waals surface area contributed by atoms with E-state index in [-0.39, 0.29) is 17.7 Å². The number of fused-ring (bicyclic) bond motifs is 5. The number of hydrogen-bond acceptors (Lipinski definition) is 2. The summed E-state index contributed by atoms with van der Waals surface area (Å²) in [6, 6.07) is 9.49. The Morgan fingerprint density at radius 2 is 1.83 bits per heavy atom. The number of para-hydroxylation sites is 1. The first-order valence-electron chi connectivity index (χ1n) is 6.52. The number of amides is 1. The first-order chi connectivity index (χ1) is 8.77. The highest BCUT2D eigenvalue weighted by atomic mass is 16.3. The Labute approximate surface area is 106 Å². The van der Waals surface area contributed by atoms with Crippen LogP contribution in [0.25, 0.3) is 0 Å². The zero-order chi connectivity index (χ0) is 12.3. The van der Waals surface area contributed by atoms with Crippen LogP contribution in [0.2, 0.25) is 0 Å². The highest BCUT2D eigenvalue weighted by molar-refractivity contribution is 5.99. The van der Waals surface area contributed by atoms with Gasteiger partial charge < -0.3 is 5.11 Å². The number of benzene rings is 1. The van der Waals surface area contributed by atoms with Gasteiger partial charge >= 0.3 is 0 Å². The van der Waals surface area contributed by atoms with E-state index in [0.717, 1.165) is 12.1 Å². The van der Waals surface area contributed by atoms with Crippen molar-refractivity contribution in [3.05, 3.63) is 42.5 Å². The molecule has 3 nitrogen and oxygen atoms in total. The van der Waals surface area contributed by atoms with Crippen molar-refractivity contribution in [1.82, 2.24) is 0 Å². The molecular weight excluding hydrogens is 226 g/mol. The van der Waals surface area contributed by atoms with Crippen molar-refractivity contribution in [3.8, 4) is 0 Å². The second-order valence-electron chi connectivity index (χ2n) is 5.51. The van der Waals surface area contributed by atoms with Crippen molar-refractivity contribution in [2.45, 2.75) is 12.6 Å². The molecule has 92 valence electrons. The molecule has 1 saturated carbocycles. The van der Waals surface area contributed by atoms with Gasteiger partial charge in [-0.15, -0.1) is 0 Å². The molecule has 1 amide bonds. The van der Waals surface area contributed by atoms with E-state index in [1.807, 2.05) is 30.3 Å². The van der Waals surface area contributed by atoms with Crippen LogP contribution in [0.4, 0.5) is 5.69 Å². The standard InChI is InChI=1S/C15H15NO2/c17-14-12-9-6-7-10(8-9)13(12)15(18)16(14)11-4-2-1-3-5-11/h1-7,9-10,12-14,17H,8H2/t9-,10+,12-,13+,14+/m0/s1. The van der Waals surface area contributed by atoms with Gasteiger partial charge in [-0.25, -0.2) is 0 Å². The number of hydrogen-bond donors (Lipinski definition) is 1. The highest BCUT2D eigenvalue weighted by Crippen LogP contribution is 2.54. The number of rotatable bonds is 1. The Balaban J connectivity index is 1.75. The van der Waals surface area contributed by atoms with Gasteiger partial charge in [0, 0.05) is 11.6 Å². The maximum Gasteiger partial charge on any atom is 0.233 e. The van der Waals surface area contributed by atoms with Crippen molar-refractivity contribution in [2.24, 2.45) is 23.7 Å². The molecule has 1 aliphatic heterocycles. The Morgan fingerprint density at radius 3 is 2.56 bits per heavy atom. The number of aliphatic hydroxyl groups excluding tert-OH is 1. The summed E-state index contributed by atoms with van der Waals surface area (Å²) in [4.78, 5) is 14.1. The lowest BCUT2D eigenvalue weighted by Crippen LogP contribution is -2.36. The van der Waals surface area contributed by atoms with Crippen molar-refractivity contribution in [2.75, 3.05) is 4.90 Å². The average molecular weight is 241 g/mol. The molecule has 0 unspecified atom stereocenters. The molecule has 3 heteroatoms. The summed E-state index contributed by atoms with van der Waals surface area (Å²) in [7, 11) is 0. The molecule has 1 aromatic rings. The van der Waals surface area contributed by atoms with E-state index in [1.165, 1.54) is 0 Å². The number of carbonyl (C=O) groups excluding carboxylic acids is 1. The van der Waals surface area contributed by atoms with Crippen LogP contribution in [0, 0.1) is 23.7 Å². The number of allylic oxidation sites excluding steroid dienone is 2. The predicted molar refractivity (Wildman–Crippen MR) is 67.7 cm³/mol. The van der Waals surface area contributed by atoms with Gasteiger partial charge in [-0.3, -0.25) is 9.69 Å². The molecule has 3 aliphatic rings.